The fourth-order valence-corrected chi connectivity index (χ4v) is 3.44. The zero-order chi connectivity index (χ0) is 17.8. The van der Waals surface area contributed by atoms with Crippen molar-refractivity contribution in [2.75, 3.05) is 42.9 Å². The normalized spacial score (nSPS) is 14.5. The highest BCUT2D eigenvalue weighted by Gasteiger charge is 2.21. The maximum Gasteiger partial charge on any atom is 0.241 e. The van der Waals surface area contributed by atoms with E-state index in [-0.39, 0.29) is 5.91 Å². The average Bonchev–Trinajstić information content (AvgIpc) is 2.61. The summed E-state index contributed by atoms with van der Waals surface area (Å²) in [5.74, 6) is 0.147. The van der Waals surface area contributed by atoms with Crippen LogP contribution in [0.3, 0.4) is 0 Å². The summed E-state index contributed by atoms with van der Waals surface area (Å²) < 4.78 is 0. The van der Waals surface area contributed by atoms with Crippen molar-refractivity contribution in [3.05, 3.63) is 58.6 Å². The van der Waals surface area contributed by atoms with E-state index < -0.39 is 0 Å². The SMILES string of the molecule is Cc1cccc(C)c1NCC(=O)N1CCN(c2cccc(Cl)c2)CC1. The summed E-state index contributed by atoms with van der Waals surface area (Å²) in [6.07, 6.45) is 0. The van der Waals surface area contributed by atoms with Crippen molar-refractivity contribution in [2.45, 2.75) is 13.8 Å². The molecule has 5 heteroatoms. The van der Waals surface area contributed by atoms with Crippen molar-refractivity contribution < 1.29 is 4.79 Å². The van der Waals surface area contributed by atoms with Crippen molar-refractivity contribution in [1.82, 2.24) is 4.90 Å². The average molecular weight is 358 g/mol. The van der Waals surface area contributed by atoms with Crippen LogP contribution in [0.2, 0.25) is 5.02 Å². The molecule has 3 rings (SSSR count). The molecule has 0 bridgehead atoms. The van der Waals surface area contributed by atoms with Crippen LogP contribution in [0.25, 0.3) is 0 Å². The quantitative estimate of drug-likeness (QED) is 0.905. The molecule has 4 nitrogen and oxygen atoms in total. The second-order valence-corrected chi connectivity index (χ2v) is 6.90. The number of aryl methyl sites for hydroxylation is 2. The van der Waals surface area contributed by atoms with Crippen LogP contribution < -0.4 is 10.2 Å². The van der Waals surface area contributed by atoms with E-state index in [1.165, 1.54) is 11.1 Å². The number of rotatable bonds is 4. The number of hydrogen-bond acceptors (Lipinski definition) is 3. The predicted octanol–water partition coefficient (Wildman–Crippen LogP) is 3.72. The molecule has 0 atom stereocenters. The second-order valence-electron chi connectivity index (χ2n) is 6.47. The summed E-state index contributed by atoms with van der Waals surface area (Å²) in [6, 6.07) is 14.0. The van der Waals surface area contributed by atoms with Gasteiger partial charge in [-0.25, -0.2) is 0 Å². The van der Waals surface area contributed by atoms with Crippen molar-refractivity contribution in [1.29, 1.82) is 0 Å². The molecular weight excluding hydrogens is 334 g/mol. The first-order valence-corrected chi connectivity index (χ1v) is 9.01. The van der Waals surface area contributed by atoms with Gasteiger partial charge in [0.05, 0.1) is 6.54 Å². The van der Waals surface area contributed by atoms with E-state index in [4.69, 9.17) is 11.6 Å². The Bertz CT molecular complexity index is 734. The number of nitrogens with one attached hydrogen (secondary N) is 1. The molecule has 1 saturated heterocycles. The zero-order valence-corrected chi connectivity index (χ0v) is 15.5. The van der Waals surface area contributed by atoms with Gasteiger partial charge in [-0.3, -0.25) is 4.79 Å². The molecule has 1 N–H and O–H groups in total. The molecule has 2 aromatic carbocycles. The fourth-order valence-electron chi connectivity index (χ4n) is 3.26. The molecular formula is C20H24ClN3O. The molecule has 0 aromatic heterocycles. The van der Waals surface area contributed by atoms with Gasteiger partial charge < -0.3 is 15.1 Å². The van der Waals surface area contributed by atoms with Crippen LogP contribution in [0.5, 0.6) is 0 Å². The van der Waals surface area contributed by atoms with Gasteiger partial charge in [0, 0.05) is 42.6 Å². The summed E-state index contributed by atoms with van der Waals surface area (Å²) in [5, 5.41) is 4.05. The monoisotopic (exact) mass is 357 g/mol. The Morgan fingerprint density at radius 3 is 2.32 bits per heavy atom. The molecule has 1 heterocycles. The lowest BCUT2D eigenvalue weighted by atomic mass is 10.1. The number of piperazine rings is 1. The van der Waals surface area contributed by atoms with Gasteiger partial charge in [-0.15, -0.1) is 0 Å². The summed E-state index contributed by atoms with van der Waals surface area (Å²) in [4.78, 5) is 16.7. The summed E-state index contributed by atoms with van der Waals surface area (Å²) >= 11 is 6.07. The predicted molar refractivity (Wildman–Crippen MR) is 105 cm³/mol. The minimum absolute atomic E-state index is 0.147. The molecule has 1 amide bonds. The van der Waals surface area contributed by atoms with E-state index in [1.54, 1.807) is 0 Å². The number of para-hydroxylation sites is 1. The third-order valence-corrected chi connectivity index (χ3v) is 4.94. The number of halogens is 1. The minimum Gasteiger partial charge on any atom is -0.376 e. The van der Waals surface area contributed by atoms with Crippen molar-refractivity contribution in [3.63, 3.8) is 0 Å². The van der Waals surface area contributed by atoms with Gasteiger partial charge in [0.2, 0.25) is 5.91 Å². The van der Waals surface area contributed by atoms with Gasteiger partial charge in [-0.2, -0.15) is 0 Å². The van der Waals surface area contributed by atoms with E-state index in [0.717, 1.165) is 42.6 Å². The van der Waals surface area contributed by atoms with Crippen LogP contribution in [-0.4, -0.2) is 43.5 Å². The van der Waals surface area contributed by atoms with Gasteiger partial charge in [0.15, 0.2) is 0 Å². The van der Waals surface area contributed by atoms with E-state index in [9.17, 15) is 4.79 Å². The number of carbonyl (C=O) groups excluding carboxylic acids is 1. The molecule has 25 heavy (non-hydrogen) atoms. The standard InChI is InChI=1S/C20H24ClN3O/c1-15-5-3-6-16(2)20(15)22-14-19(25)24-11-9-23(10-12-24)18-8-4-7-17(21)13-18/h3-8,13,22H,9-12,14H2,1-2H3. The third kappa shape index (κ3) is 4.26. The van der Waals surface area contributed by atoms with Gasteiger partial charge >= 0.3 is 0 Å². The van der Waals surface area contributed by atoms with Crippen LogP contribution in [-0.2, 0) is 4.79 Å². The number of carbonyl (C=O) groups is 1. The maximum atomic E-state index is 12.5. The van der Waals surface area contributed by atoms with Crippen LogP contribution in [0, 0.1) is 13.8 Å². The Morgan fingerprint density at radius 1 is 1.04 bits per heavy atom. The summed E-state index contributed by atoms with van der Waals surface area (Å²) in [7, 11) is 0. The van der Waals surface area contributed by atoms with Crippen LogP contribution >= 0.6 is 11.6 Å². The van der Waals surface area contributed by atoms with E-state index >= 15 is 0 Å². The molecule has 0 aliphatic carbocycles. The third-order valence-electron chi connectivity index (χ3n) is 4.70. The molecule has 1 fully saturated rings. The van der Waals surface area contributed by atoms with Crippen molar-refractivity contribution in [2.24, 2.45) is 0 Å². The molecule has 1 aliphatic heterocycles. The van der Waals surface area contributed by atoms with Crippen LogP contribution in [0.15, 0.2) is 42.5 Å². The number of amides is 1. The number of benzene rings is 2. The summed E-state index contributed by atoms with van der Waals surface area (Å²) in [5.41, 5.74) is 4.51. The summed E-state index contributed by atoms with van der Waals surface area (Å²) in [6.45, 7) is 7.58. The first kappa shape index (κ1) is 17.6. The van der Waals surface area contributed by atoms with Gasteiger partial charge in [-0.1, -0.05) is 35.9 Å². The largest absolute Gasteiger partial charge is 0.376 e. The van der Waals surface area contributed by atoms with E-state index in [1.807, 2.05) is 29.2 Å². The fraction of sp³-hybridized carbons (Fsp3) is 0.350. The molecule has 0 spiro atoms. The molecule has 2 aromatic rings. The van der Waals surface area contributed by atoms with Crippen molar-refractivity contribution in [3.8, 4) is 0 Å². The van der Waals surface area contributed by atoms with E-state index in [0.29, 0.717) is 6.54 Å². The lowest BCUT2D eigenvalue weighted by molar-refractivity contribution is -0.129. The molecule has 1 aliphatic rings. The second kappa shape index (κ2) is 7.79. The first-order valence-electron chi connectivity index (χ1n) is 8.63. The molecule has 132 valence electrons. The lowest BCUT2D eigenvalue weighted by Gasteiger charge is -2.36. The lowest BCUT2D eigenvalue weighted by Crippen LogP contribution is -2.50. The zero-order valence-electron chi connectivity index (χ0n) is 14.8. The van der Waals surface area contributed by atoms with E-state index in [2.05, 4.69) is 42.3 Å². The Morgan fingerprint density at radius 2 is 1.68 bits per heavy atom. The molecule has 0 saturated carbocycles. The Kier molecular flexibility index (Phi) is 5.49. The number of hydrogen-bond donors (Lipinski definition) is 1. The highest BCUT2D eigenvalue weighted by Crippen LogP contribution is 2.21. The number of nitrogens with zero attached hydrogens (tertiary/aromatic N) is 2. The smallest absolute Gasteiger partial charge is 0.241 e. The van der Waals surface area contributed by atoms with Gasteiger partial charge in [0.1, 0.15) is 0 Å². The Hall–Kier alpha value is -2.20. The van der Waals surface area contributed by atoms with Gasteiger partial charge in [-0.05, 0) is 43.2 Å². The molecule has 0 radical (unpaired) electrons. The molecule has 0 unspecified atom stereocenters. The maximum absolute atomic E-state index is 12.5. The highest BCUT2D eigenvalue weighted by molar-refractivity contribution is 6.30. The van der Waals surface area contributed by atoms with Crippen molar-refractivity contribution >= 4 is 28.9 Å². The van der Waals surface area contributed by atoms with Gasteiger partial charge in [0.25, 0.3) is 0 Å². The minimum atomic E-state index is 0.147. The Balaban J connectivity index is 1.53. The van der Waals surface area contributed by atoms with Crippen LogP contribution in [0.4, 0.5) is 11.4 Å². The number of anilines is 2. The first-order chi connectivity index (χ1) is 12.0. The topological polar surface area (TPSA) is 35.6 Å². The van der Waals surface area contributed by atoms with Crippen LogP contribution in [0.1, 0.15) is 11.1 Å². The Labute approximate surface area is 154 Å². The highest BCUT2D eigenvalue weighted by atomic mass is 35.5.